The van der Waals surface area contributed by atoms with Crippen LogP contribution in [0.5, 0.6) is 0 Å². The van der Waals surface area contributed by atoms with Crippen molar-refractivity contribution >= 4 is 29.2 Å². The Morgan fingerprint density at radius 1 is 1.21 bits per heavy atom. The highest BCUT2D eigenvalue weighted by atomic mass is 35.5. The minimum Gasteiger partial charge on any atom is -0.465 e. The molecule has 0 bridgehead atoms. The molecule has 24 heavy (non-hydrogen) atoms. The van der Waals surface area contributed by atoms with Gasteiger partial charge in [0, 0.05) is 16.6 Å². The average molecular weight is 344 g/mol. The number of carbonyl (C=O) groups is 2. The van der Waals surface area contributed by atoms with E-state index in [1.807, 2.05) is 31.2 Å². The standard InChI is InChI=1S/C19H18ClNO3/c1-11-9-12(19(23)24-2)7-8-17(11)21-18(22)15-10-14(15)13-5-3-4-6-16(13)20/h3-9,14-15H,10H2,1-2H3,(H,21,22). The van der Waals surface area contributed by atoms with E-state index in [-0.39, 0.29) is 17.7 Å². The van der Waals surface area contributed by atoms with Gasteiger partial charge in [0.2, 0.25) is 5.91 Å². The molecule has 0 radical (unpaired) electrons. The third kappa shape index (κ3) is 3.29. The largest absolute Gasteiger partial charge is 0.465 e. The summed E-state index contributed by atoms with van der Waals surface area (Å²) in [7, 11) is 1.34. The predicted molar refractivity (Wildman–Crippen MR) is 93.4 cm³/mol. The number of benzene rings is 2. The molecule has 124 valence electrons. The Labute approximate surface area is 145 Å². The zero-order valence-corrected chi connectivity index (χ0v) is 14.3. The van der Waals surface area contributed by atoms with Crippen molar-refractivity contribution in [2.75, 3.05) is 12.4 Å². The molecule has 0 saturated heterocycles. The first-order chi connectivity index (χ1) is 11.5. The Morgan fingerprint density at radius 3 is 2.62 bits per heavy atom. The zero-order chi connectivity index (χ0) is 17.3. The second-order valence-corrected chi connectivity index (χ2v) is 6.39. The predicted octanol–water partition coefficient (Wildman–Crippen LogP) is 4.18. The third-order valence-electron chi connectivity index (χ3n) is 4.34. The molecule has 2 atom stereocenters. The van der Waals surface area contributed by atoms with Crippen LogP contribution < -0.4 is 5.32 Å². The van der Waals surface area contributed by atoms with Crippen molar-refractivity contribution in [2.24, 2.45) is 5.92 Å². The van der Waals surface area contributed by atoms with E-state index in [0.29, 0.717) is 16.3 Å². The van der Waals surface area contributed by atoms with Gasteiger partial charge in [0.05, 0.1) is 12.7 Å². The second kappa shape index (κ2) is 6.65. The molecule has 1 aliphatic carbocycles. The lowest BCUT2D eigenvalue weighted by molar-refractivity contribution is -0.117. The van der Waals surface area contributed by atoms with Crippen molar-refractivity contribution in [1.29, 1.82) is 0 Å². The highest BCUT2D eigenvalue weighted by Crippen LogP contribution is 2.50. The minimum atomic E-state index is -0.392. The summed E-state index contributed by atoms with van der Waals surface area (Å²) in [4.78, 5) is 24.0. The molecule has 1 amide bonds. The summed E-state index contributed by atoms with van der Waals surface area (Å²) in [5, 5.41) is 3.65. The van der Waals surface area contributed by atoms with Gasteiger partial charge in [0.15, 0.2) is 0 Å². The summed E-state index contributed by atoms with van der Waals surface area (Å²) in [5.74, 6) is -0.302. The van der Waals surface area contributed by atoms with Gasteiger partial charge in [-0.2, -0.15) is 0 Å². The number of halogens is 1. The molecule has 1 aliphatic rings. The summed E-state index contributed by atoms with van der Waals surface area (Å²) in [6.45, 7) is 1.85. The fraction of sp³-hybridized carbons (Fsp3) is 0.263. The molecule has 1 saturated carbocycles. The van der Waals surface area contributed by atoms with Gasteiger partial charge in [-0.15, -0.1) is 0 Å². The van der Waals surface area contributed by atoms with E-state index in [1.165, 1.54) is 7.11 Å². The second-order valence-electron chi connectivity index (χ2n) is 5.98. The van der Waals surface area contributed by atoms with Crippen molar-refractivity contribution in [1.82, 2.24) is 0 Å². The molecule has 1 N–H and O–H groups in total. The van der Waals surface area contributed by atoms with E-state index < -0.39 is 5.97 Å². The van der Waals surface area contributed by atoms with Crippen molar-refractivity contribution in [3.63, 3.8) is 0 Å². The number of rotatable bonds is 4. The van der Waals surface area contributed by atoms with Gasteiger partial charge in [0.25, 0.3) is 0 Å². The lowest BCUT2D eigenvalue weighted by Gasteiger charge is -2.10. The molecule has 0 aromatic heterocycles. The number of nitrogens with one attached hydrogen (secondary N) is 1. The fourth-order valence-electron chi connectivity index (χ4n) is 2.88. The topological polar surface area (TPSA) is 55.4 Å². The number of esters is 1. The van der Waals surface area contributed by atoms with Crippen LogP contribution in [-0.2, 0) is 9.53 Å². The molecule has 2 unspecified atom stereocenters. The van der Waals surface area contributed by atoms with E-state index >= 15 is 0 Å². The van der Waals surface area contributed by atoms with Crippen LogP contribution >= 0.6 is 11.6 Å². The molecule has 0 aliphatic heterocycles. The lowest BCUT2D eigenvalue weighted by atomic mass is 10.1. The van der Waals surface area contributed by atoms with Gasteiger partial charge in [-0.1, -0.05) is 29.8 Å². The Hall–Kier alpha value is -2.33. The highest BCUT2D eigenvalue weighted by molar-refractivity contribution is 6.31. The number of hydrogen-bond donors (Lipinski definition) is 1. The van der Waals surface area contributed by atoms with E-state index in [1.54, 1.807) is 18.2 Å². The maximum Gasteiger partial charge on any atom is 0.337 e. The number of carbonyl (C=O) groups excluding carboxylic acids is 2. The Balaban J connectivity index is 1.68. The van der Waals surface area contributed by atoms with Gasteiger partial charge in [-0.25, -0.2) is 4.79 Å². The molecule has 3 rings (SSSR count). The van der Waals surface area contributed by atoms with Crippen LogP contribution in [0.3, 0.4) is 0 Å². The SMILES string of the molecule is COC(=O)c1ccc(NC(=O)C2CC2c2ccccc2Cl)c(C)c1. The normalized spacial score (nSPS) is 18.8. The summed E-state index contributed by atoms with van der Waals surface area (Å²) < 4.78 is 4.70. The molecule has 2 aromatic carbocycles. The van der Waals surface area contributed by atoms with Crippen molar-refractivity contribution in [2.45, 2.75) is 19.3 Å². The smallest absolute Gasteiger partial charge is 0.337 e. The van der Waals surface area contributed by atoms with Crippen LogP contribution in [0, 0.1) is 12.8 Å². The average Bonchev–Trinajstić information content (AvgIpc) is 3.37. The summed E-state index contributed by atoms with van der Waals surface area (Å²) in [5.41, 5.74) is 3.02. The van der Waals surface area contributed by atoms with Crippen molar-refractivity contribution < 1.29 is 14.3 Å². The Bertz CT molecular complexity index is 803. The first-order valence-electron chi connectivity index (χ1n) is 7.75. The molecular weight excluding hydrogens is 326 g/mol. The Kier molecular flexibility index (Phi) is 4.58. The zero-order valence-electron chi connectivity index (χ0n) is 13.5. The first-order valence-corrected chi connectivity index (χ1v) is 8.13. The molecule has 1 fully saturated rings. The quantitative estimate of drug-likeness (QED) is 0.847. The number of hydrogen-bond acceptors (Lipinski definition) is 3. The molecular formula is C19H18ClNO3. The fourth-order valence-corrected chi connectivity index (χ4v) is 3.15. The molecule has 4 nitrogen and oxygen atoms in total. The highest BCUT2D eigenvalue weighted by Gasteiger charge is 2.44. The molecule has 0 spiro atoms. The van der Waals surface area contributed by atoms with Gasteiger partial charge in [-0.3, -0.25) is 4.79 Å². The van der Waals surface area contributed by atoms with Gasteiger partial charge >= 0.3 is 5.97 Å². The van der Waals surface area contributed by atoms with Crippen LogP contribution in [0.4, 0.5) is 5.69 Å². The maximum atomic E-state index is 12.5. The molecule has 5 heteroatoms. The van der Waals surface area contributed by atoms with Crippen LogP contribution in [0.1, 0.15) is 33.8 Å². The van der Waals surface area contributed by atoms with E-state index in [0.717, 1.165) is 17.5 Å². The van der Waals surface area contributed by atoms with Gasteiger partial charge in [-0.05, 0) is 54.7 Å². The third-order valence-corrected chi connectivity index (χ3v) is 4.68. The molecule has 2 aromatic rings. The van der Waals surface area contributed by atoms with Crippen LogP contribution in [-0.4, -0.2) is 19.0 Å². The summed E-state index contributed by atoms with van der Waals surface area (Å²) >= 11 is 6.20. The molecule has 0 heterocycles. The van der Waals surface area contributed by atoms with Crippen LogP contribution in [0.25, 0.3) is 0 Å². The lowest BCUT2D eigenvalue weighted by Crippen LogP contribution is -2.15. The monoisotopic (exact) mass is 343 g/mol. The number of aryl methyl sites for hydroxylation is 1. The van der Waals surface area contributed by atoms with Crippen molar-refractivity contribution in [3.05, 3.63) is 64.2 Å². The summed E-state index contributed by atoms with van der Waals surface area (Å²) in [6, 6.07) is 12.7. The summed E-state index contributed by atoms with van der Waals surface area (Å²) in [6.07, 6.45) is 0.800. The van der Waals surface area contributed by atoms with E-state index in [4.69, 9.17) is 16.3 Å². The Morgan fingerprint density at radius 2 is 1.96 bits per heavy atom. The van der Waals surface area contributed by atoms with E-state index in [9.17, 15) is 9.59 Å². The van der Waals surface area contributed by atoms with E-state index in [2.05, 4.69) is 5.32 Å². The number of amides is 1. The van der Waals surface area contributed by atoms with Gasteiger partial charge in [0.1, 0.15) is 0 Å². The first kappa shape index (κ1) is 16.5. The van der Waals surface area contributed by atoms with Gasteiger partial charge < -0.3 is 10.1 Å². The van der Waals surface area contributed by atoms with Crippen molar-refractivity contribution in [3.8, 4) is 0 Å². The maximum absolute atomic E-state index is 12.5. The number of anilines is 1. The number of methoxy groups -OCH3 is 1. The van der Waals surface area contributed by atoms with Crippen LogP contribution in [0.15, 0.2) is 42.5 Å². The minimum absolute atomic E-state index is 0.0196. The van der Waals surface area contributed by atoms with Crippen LogP contribution in [0.2, 0.25) is 5.02 Å². The number of ether oxygens (including phenoxy) is 1.